The van der Waals surface area contributed by atoms with Gasteiger partial charge in [0.1, 0.15) is 11.6 Å². The van der Waals surface area contributed by atoms with Gasteiger partial charge in [-0.15, -0.1) is 0 Å². The molecule has 3 heterocycles. The van der Waals surface area contributed by atoms with Crippen molar-refractivity contribution in [2.45, 2.75) is 38.6 Å². The van der Waals surface area contributed by atoms with Gasteiger partial charge in [-0.3, -0.25) is 4.79 Å². The number of ether oxygens (including phenoxy) is 1. The molecule has 1 aromatic carbocycles. The number of hydrogen-bond acceptors (Lipinski definition) is 7. The third-order valence-corrected chi connectivity index (χ3v) is 6.50. The fraction of sp³-hybridized carbons (Fsp3) is 0.480. The first-order valence-corrected chi connectivity index (χ1v) is 12.1. The van der Waals surface area contributed by atoms with Crippen LogP contribution in [0.15, 0.2) is 30.5 Å². The summed E-state index contributed by atoms with van der Waals surface area (Å²) in [7, 11) is 0. The van der Waals surface area contributed by atoms with E-state index in [1.807, 2.05) is 41.9 Å². The predicted molar refractivity (Wildman–Crippen MR) is 131 cm³/mol. The lowest BCUT2D eigenvalue weighted by Crippen LogP contribution is -2.26. The van der Waals surface area contributed by atoms with E-state index in [-0.39, 0.29) is 12.5 Å². The molecule has 9 heteroatoms. The van der Waals surface area contributed by atoms with Crippen molar-refractivity contribution in [2.24, 2.45) is 5.92 Å². The van der Waals surface area contributed by atoms with E-state index in [1.54, 1.807) is 0 Å². The Bertz CT molecular complexity index is 1170. The van der Waals surface area contributed by atoms with Crippen molar-refractivity contribution < 1.29 is 14.6 Å². The van der Waals surface area contributed by atoms with E-state index in [0.29, 0.717) is 35.5 Å². The van der Waals surface area contributed by atoms with Crippen molar-refractivity contribution in [1.82, 2.24) is 19.9 Å². The Labute approximate surface area is 198 Å². The Morgan fingerprint density at radius 3 is 2.74 bits per heavy atom. The number of hydrogen-bond donors (Lipinski definition) is 4. The summed E-state index contributed by atoms with van der Waals surface area (Å²) in [6.45, 7) is 4.84. The average molecular weight is 465 g/mol. The second-order valence-electron chi connectivity index (χ2n) is 9.18. The second kappa shape index (κ2) is 9.99. The van der Waals surface area contributed by atoms with Gasteiger partial charge in [-0.05, 0) is 55.7 Å². The third kappa shape index (κ3) is 5.00. The van der Waals surface area contributed by atoms with Crippen LogP contribution in [0.4, 0.5) is 11.6 Å². The summed E-state index contributed by atoms with van der Waals surface area (Å²) in [5, 5.41) is 23.7. The van der Waals surface area contributed by atoms with Gasteiger partial charge in [-0.1, -0.05) is 12.1 Å². The van der Waals surface area contributed by atoms with Gasteiger partial charge in [-0.25, -0.2) is 4.98 Å². The first-order chi connectivity index (χ1) is 16.6. The minimum Gasteiger partial charge on any atom is -0.395 e. The summed E-state index contributed by atoms with van der Waals surface area (Å²) in [5.74, 6) is 2.06. The Kier molecular flexibility index (Phi) is 6.64. The number of nitrogens with zero attached hydrogens (tertiary/aromatic N) is 3. The van der Waals surface area contributed by atoms with Crippen LogP contribution in [0, 0.1) is 12.8 Å². The SMILES string of the molecule is Cc1cc(-c2cnn3c(NCC4CCOCC4)cc(NCCO)nc23)ccc1C(=O)NC1CC1. The monoisotopic (exact) mass is 464 g/mol. The lowest BCUT2D eigenvalue weighted by Gasteiger charge is -2.23. The van der Waals surface area contributed by atoms with Crippen LogP contribution in [0.5, 0.6) is 0 Å². The molecule has 180 valence electrons. The van der Waals surface area contributed by atoms with Crippen molar-refractivity contribution in [3.05, 3.63) is 41.6 Å². The summed E-state index contributed by atoms with van der Waals surface area (Å²) in [6.07, 6.45) is 6.03. The number of fused-ring (bicyclic) bond motifs is 1. The van der Waals surface area contributed by atoms with Crippen LogP contribution in [0.25, 0.3) is 16.8 Å². The molecule has 1 aliphatic heterocycles. The summed E-state index contributed by atoms with van der Waals surface area (Å²) >= 11 is 0. The molecular formula is C25H32N6O3. The molecule has 0 spiro atoms. The van der Waals surface area contributed by atoms with E-state index in [0.717, 1.165) is 68.0 Å². The molecule has 3 aromatic rings. The lowest BCUT2D eigenvalue weighted by molar-refractivity contribution is 0.0699. The molecule has 9 nitrogen and oxygen atoms in total. The normalized spacial score (nSPS) is 16.5. The van der Waals surface area contributed by atoms with Gasteiger partial charge in [-0.2, -0.15) is 9.61 Å². The smallest absolute Gasteiger partial charge is 0.251 e. The summed E-state index contributed by atoms with van der Waals surface area (Å²) < 4.78 is 7.30. The number of aryl methyl sites for hydroxylation is 1. The van der Waals surface area contributed by atoms with Gasteiger partial charge in [0.25, 0.3) is 5.91 Å². The second-order valence-corrected chi connectivity index (χ2v) is 9.18. The maximum atomic E-state index is 12.5. The van der Waals surface area contributed by atoms with Gasteiger partial charge in [0.2, 0.25) is 0 Å². The molecule has 1 saturated heterocycles. The van der Waals surface area contributed by atoms with Crippen LogP contribution >= 0.6 is 0 Å². The molecule has 2 fully saturated rings. The Morgan fingerprint density at radius 1 is 1.18 bits per heavy atom. The van der Waals surface area contributed by atoms with Crippen LogP contribution in [-0.4, -0.2) is 64.6 Å². The number of aliphatic hydroxyl groups excluding tert-OH is 1. The number of carbonyl (C=O) groups is 1. The number of benzene rings is 1. The van der Waals surface area contributed by atoms with E-state index >= 15 is 0 Å². The molecule has 5 rings (SSSR count). The zero-order valence-corrected chi connectivity index (χ0v) is 19.5. The summed E-state index contributed by atoms with van der Waals surface area (Å²) in [6, 6.07) is 8.10. The highest BCUT2D eigenvalue weighted by atomic mass is 16.5. The minimum atomic E-state index is -0.0142. The topological polar surface area (TPSA) is 113 Å². The molecule has 1 aliphatic carbocycles. The van der Waals surface area contributed by atoms with Gasteiger partial charge in [0.05, 0.1) is 12.8 Å². The molecule has 0 radical (unpaired) electrons. The van der Waals surface area contributed by atoms with Crippen LogP contribution in [0.2, 0.25) is 0 Å². The molecule has 0 unspecified atom stereocenters. The molecule has 0 atom stereocenters. The van der Waals surface area contributed by atoms with Crippen LogP contribution < -0.4 is 16.0 Å². The Hall–Kier alpha value is -3.17. The first-order valence-electron chi connectivity index (χ1n) is 12.1. The number of aromatic nitrogens is 3. The van der Waals surface area contributed by atoms with Gasteiger partial charge in [0, 0.05) is 49.5 Å². The fourth-order valence-electron chi connectivity index (χ4n) is 4.34. The van der Waals surface area contributed by atoms with E-state index in [2.05, 4.69) is 21.0 Å². The van der Waals surface area contributed by atoms with Crippen LogP contribution in [-0.2, 0) is 4.74 Å². The largest absolute Gasteiger partial charge is 0.395 e. The first kappa shape index (κ1) is 22.6. The van der Waals surface area contributed by atoms with Gasteiger partial charge < -0.3 is 25.8 Å². The molecule has 2 aliphatic rings. The van der Waals surface area contributed by atoms with E-state index in [1.165, 1.54) is 0 Å². The zero-order valence-electron chi connectivity index (χ0n) is 19.5. The molecule has 4 N–H and O–H groups in total. The van der Waals surface area contributed by atoms with E-state index < -0.39 is 0 Å². The highest BCUT2D eigenvalue weighted by Crippen LogP contribution is 2.29. The quantitative estimate of drug-likeness (QED) is 0.385. The van der Waals surface area contributed by atoms with Crippen molar-refractivity contribution in [3.8, 4) is 11.1 Å². The average Bonchev–Trinajstić information content (AvgIpc) is 3.56. The van der Waals surface area contributed by atoms with Crippen LogP contribution in [0.1, 0.15) is 41.6 Å². The maximum absolute atomic E-state index is 12.5. The molecule has 1 saturated carbocycles. The number of nitrogens with one attached hydrogen (secondary N) is 3. The number of amides is 1. The fourth-order valence-corrected chi connectivity index (χ4v) is 4.34. The number of aliphatic hydroxyl groups is 1. The van der Waals surface area contributed by atoms with Crippen LogP contribution in [0.3, 0.4) is 0 Å². The summed E-state index contributed by atoms with van der Waals surface area (Å²) in [5.41, 5.74) is 4.18. The number of rotatable bonds is 9. The third-order valence-electron chi connectivity index (χ3n) is 6.50. The molecule has 1 amide bonds. The Morgan fingerprint density at radius 2 is 2.00 bits per heavy atom. The molecule has 34 heavy (non-hydrogen) atoms. The van der Waals surface area contributed by atoms with Crippen molar-refractivity contribution in [1.29, 1.82) is 0 Å². The maximum Gasteiger partial charge on any atom is 0.251 e. The van der Waals surface area contributed by atoms with Crippen molar-refractivity contribution in [2.75, 3.05) is 43.5 Å². The van der Waals surface area contributed by atoms with E-state index in [9.17, 15) is 9.90 Å². The van der Waals surface area contributed by atoms with Crippen molar-refractivity contribution >= 4 is 23.2 Å². The molecule has 0 bridgehead atoms. The highest BCUT2D eigenvalue weighted by molar-refractivity contribution is 5.97. The van der Waals surface area contributed by atoms with Gasteiger partial charge >= 0.3 is 0 Å². The Balaban J connectivity index is 1.45. The predicted octanol–water partition coefficient (Wildman–Crippen LogP) is 2.84. The highest BCUT2D eigenvalue weighted by Gasteiger charge is 2.24. The van der Waals surface area contributed by atoms with E-state index in [4.69, 9.17) is 9.72 Å². The molecular weight excluding hydrogens is 432 g/mol. The molecule has 2 aromatic heterocycles. The minimum absolute atomic E-state index is 0.0142. The number of anilines is 2. The zero-order chi connectivity index (χ0) is 23.5. The lowest BCUT2D eigenvalue weighted by atomic mass is 10.0. The summed E-state index contributed by atoms with van der Waals surface area (Å²) in [4.78, 5) is 17.3. The van der Waals surface area contributed by atoms with Gasteiger partial charge in [0.15, 0.2) is 5.65 Å². The number of carbonyl (C=O) groups excluding carboxylic acids is 1. The standard InChI is InChI=1S/C25H32N6O3/c1-16-12-18(2-5-20(16)25(33)29-19-3-4-19)21-15-28-31-23(27-14-17-6-10-34-11-7-17)13-22(26-8-9-32)30-24(21)31/h2,5,12-13,15,17,19,27,32H,3-4,6-11,14H2,1H3,(H,26,30)(H,29,33). The van der Waals surface area contributed by atoms with Crippen molar-refractivity contribution in [3.63, 3.8) is 0 Å².